The molecule has 3 amide bonds. The van der Waals surface area contributed by atoms with Crippen LogP contribution in [-0.2, 0) is 14.4 Å². The van der Waals surface area contributed by atoms with E-state index >= 15 is 0 Å². The van der Waals surface area contributed by atoms with Gasteiger partial charge in [-0.3, -0.25) is 14.4 Å². The molecule has 0 bridgehead atoms. The summed E-state index contributed by atoms with van der Waals surface area (Å²) in [5.74, 6) is -2.18. The van der Waals surface area contributed by atoms with Crippen LogP contribution >= 0.6 is 0 Å². The number of rotatable bonds is 6. The number of urea groups is 1. The number of ketones is 1. The molecule has 0 aromatic heterocycles. The van der Waals surface area contributed by atoms with Gasteiger partial charge >= 0.3 is 12.0 Å². The van der Waals surface area contributed by atoms with Crippen LogP contribution in [0.1, 0.15) is 30.5 Å². The van der Waals surface area contributed by atoms with Crippen LogP contribution in [0.2, 0.25) is 0 Å². The molecule has 2 aromatic carbocycles. The highest BCUT2D eigenvalue weighted by atomic mass is 16.4. The van der Waals surface area contributed by atoms with Gasteiger partial charge in [0.25, 0.3) is 5.91 Å². The van der Waals surface area contributed by atoms with Crippen molar-refractivity contribution in [1.82, 2.24) is 15.5 Å². The zero-order valence-electron chi connectivity index (χ0n) is 18.1. The molecular formula is C24H25N3O5. The summed E-state index contributed by atoms with van der Waals surface area (Å²) in [7, 11) is 1.51. The number of carboxylic acid groups (broad SMARTS) is 1. The van der Waals surface area contributed by atoms with E-state index in [1.807, 2.05) is 43.3 Å². The Morgan fingerprint density at radius 1 is 1.09 bits per heavy atom. The van der Waals surface area contributed by atoms with Crippen molar-refractivity contribution in [3.8, 4) is 11.1 Å². The van der Waals surface area contributed by atoms with Crippen LogP contribution in [0.25, 0.3) is 11.1 Å². The SMILES string of the molecule is CC1=CC(=O)C(NC(=O)NC(CC(=O)O)c2cccc(-c3ccccc3C)c2)C(=O)N1C. The highest BCUT2D eigenvalue weighted by Gasteiger charge is 2.34. The smallest absolute Gasteiger partial charge is 0.316 e. The normalized spacial score (nSPS) is 16.9. The van der Waals surface area contributed by atoms with Crippen LogP contribution in [0, 0.1) is 6.92 Å². The van der Waals surface area contributed by atoms with Crippen LogP contribution < -0.4 is 10.6 Å². The Morgan fingerprint density at radius 2 is 1.81 bits per heavy atom. The molecule has 32 heavy (non-hydrogen) atoms. The lowest BCUT2D eigenvalue weighted by Gasteiger charge is -2.28. The molecule has 0 spiro atoms. The highest BCUT2D eigenvalue weighted by molar-refractivity contribution is 6.14. The summed E-state index contributed by atoms with van der Waals surface area (Å²) in [5.41, 5.74) is 4.02. The van der Waals surface area contributed by atoms with E-state index in [-0.39, 0.29) is 6.42 Å². The van der Waals surface area contributed by atoms with Gasteiger partial charge in [0.1, 0.15) is 0 Å². The number of hydrogen-bond acceptors (Lipinski definition) is 4. The van der Waals surface area contributed by atoms with Crippen LogP contribution in [-0.4, -0.2) is 46.8 Å². The number of nitrogens with zero attached hydrogens (tertiary/aromatic N) is 1. The molecule has 0 aliphatic carbocycles. The fraction of sp³-hybridized carbons (Fsp3) is 0.250. The lowest BCUT2D eigenvalue weighted by atomic mass is 9.95. The molecule has 3 N–H and O–H groups in total. The third-order valence-corrected chi connectivity index (χ3v) is 5.45. The molecule has 8 heteroatoms. The number of hydrogen-bond donors (Lipinski definition) is 3. The first kappa shape index (κ1) is 22.7. The minimum Gasteiger partial charge on any atom is -0.481 e. The van der Waals surface area contributed by atoms with Gasteiger partial charge in [0.05, 0.1) is 12.5 Å². The van der Waals surface area contributed by atoms with E-state index in [2.05, 4.69) is 10.6 Å². The summed E-state index contributed by atoms with van der Waals surface area (Å²) in [6.07, 6.45) is 0.920. The predicted octanol–water partition coefficient (Wildman–Crippen LogP) is 2.79. The zero-order valence-corrected chi connectivity index (χ0v) is 18.1. The molecule has 8 nitrogen and oxygen atoms in total. The van der Waals surface area contributed by atoms with Gasteiger partial charge in [0.2, 0.25) is 0 Å². The number of likely N-dealkylation sites (N-methyl/N-ethyl adjacent to an activating group) is 1. The van der Waals surface area contributed by atoms with Crippen molar-refractivity contribution >= 4 is 23.7 Å². The average Bonchev–Trinajstić information content (AvgIpc) is 2.75. The number of allylic oxidation sites excluding steroid dienone is 1. The number of carboxylic acids is 1. The van der Waals surface area contributed by atoms with Crippen LogP contribution in [0.4, 0.5) is 4.79 Å². The first-order valence-electron chi connectivity index (χ1n) is 10.1. The van der Waals surface area contributed by atoms with Gasteiger partial charge in [-0.15, -0.1) is 0 Å². The van der Waals surface area contributed by atoms with E-state index in [0.29, 0.717) is 11.3 Å². The lowest BCUT2D eigenvalue weighted by Crippen LogP contribution is -2.56. The summed E-state index contributed by atoms with van der Waals surface area (Å²) in [5, 5.41) is 14.3. The van der Waals surface area contributed by atoms with Gasteiger partial charge in [0.15, 0.2) is 11.8 Å². The van der Waals surface area contributed by atoms with Crippen molar-refractivity contribution in [2.75, 3.05) is 7.05 Å². The van der Waals surface area contributed by atoms with Gasteiger partial charge in [-0.05, 0) is 42.2 Å². The maximum Gasteiger partial charge on any atom is 0.316 e. The second kappa shape index (κ2) is 9.47. The quantitative estimate of drug-likeness (QED) is 0.604. The Balaban J connectivity index is 1.82. The molecule has 0 saturated heterocycles. The topological polar surface area (TPSA) is 116 Å². The average molecular weight is 435 g/mol. The Morgan fingerprint density at radius 3 is 2.50 bits per heavy atom. The first-order valence-corrected chi connectivity index (χ1v) is 10.1. The highest BCUT2D eigenvalue weighted by Crippen LogP contribution is 2.27. The van der Waals surface area contributed by atoms with E-state index in [4.69, 9.17) is 0 Å². The number of nitrogens with one attached hydrogen (secondary N) is 2. The maximum atomic E-state index is 12.6. The number of carbonyl (C=O) groups excluding carboxylic acids is 3. The molecule has 2 atom stereocenters. The molecule has 2 unspecified atom stereocenters. The van der Waals surface area contributed by atoms with Gasteiger partial charge in [-0.1, -0.05) is 42.5 Å². The summed E-state index contributed by atoms with van der Waals surface area (Å²) in [4.78, 5) is 49.9. The molecule has 1 aliphatic heterocycles. The molecule has 0 saturated carbocycles. The Hall–Kier alpha value is -3.94. The van der Waals surface area contributed by atoms with E-state index in [1.165, 1.54) is 18.0 Å². The number of carbonyl (C=O) groups is 4. The van der Waals surface area contributed by atoms with E-state index in [1.54, 1.807) is 19.1 Å². The second-order valence-corrected chi connectivity index (χ2v) is 7.73. The van der Waals surface area contributed by atoms with Gasteiger partial charge in [-0.25, -0.2) is 4.79 Å². The fourth-order valence-electron chi connectivity index (χ4n) is 3.59. The minimum atomic E-state index is -1.35. The summed E-state index contributed by atoms with van der Waals surface area (Å²) in [6.45, 7) is 3.60. The molecule has 1 heterocycles. The van der Waals surface area contributed by atoms with Gasteiger partial charge < -0.3 is 20.6 Å². The van der Waals surface area contributed by atoms with Crippen molar-refractivity contribution in [2.24, 2.45) is 0 Å². The van der Waals surface area contributed by atoms with Gasteiger partial charge in [0, 0.05) is 18.8 Å². The summed E-state index contributed by atoms with van der Waals surface area (Å²) in [6, 6.07) is 12.0. The predicted molar refractivity (Wildman–Crippen MR) is 119 cm³/mol. The molecule has 2 aromatic rings. The molecular weight excluding hydrogens is 410 g/mol. The van der Waals surface area contributed by atoms with Crippen LogP contribution in [0.5, 0.6) is 0 Å². The van der Waals surface area contributed by atoms with Crippen molar-refractivity contribution in [3.05, 3.63) is 71.4 Å². The van der Waals surface area contributed by atoms with Crippen molar-refractivity contribution in [3.63, 3.8) is 0 Å². The summed E-state index contributed by atoms with van der Waals surface area (Å²) < 4.78 is 0. The third kappa shape index (κ3) is 5.03. The van der Waals surface area contributed by atoms with E-state index in [9.17, 15) is 24.3 Å². The molecule has 166 valence electrons. The Bertz CT molecular complexity index is 1110. The Kier molecular flexibility index (Phi) is 6.73. The number of benzene rings is 2. The van der Waals surface area contributed by atoms with Crippen LogP contribution in [0.15, 0.2) is 60.3 Å². The molecule has 0 radical (unpaired) electrons. The first-order chi connectivity index (χ1) is 15.2. The maximum absolute atomic E-state index is 12.6. The third-order valence-electron chi connectivity index (χ3n) is 5.45. The van der Waals surface area contributed by atoms with Crippen molar-refractivity contribution in [2.45, 2.75) is 32.4 Å². The fourth-order valence-corrected chi connectivity index (χ4v) is 3.59. The molecule has 1 aliphatic rings. The van der Waals surface area contributed by atoms with Crippen molar-refractivity contribution in [1.29, 1.82) is 0 Å². The Labute approximate surface area is 185 Å². The number of amides is 3. The van der Waals surface area contributed by atoms with Crippen molar-refractivity contribution < 1.29 is 24.3 Å². The molecule has 3 rings (SSSR count). The number of aliphatic carboxylic acids is 1. The number of aryl methyl sites for hydroxylation is 1. The standard InChI is InChI=1S/C24H25N3O5/c1-14-7-4-5-10-18(14)16-8-6-9-17(12-16)19(13-21(29)30)25-24(32)26-22-20(28)11-15(2)27(3)23(22)31/h4-12,19,22H,13H2,1-3H3,(H,29,30)(H2,25,26,32). The lowest BCUT2D eigenvalue weighted by molar-refractivity contribution is -0.138. The largest absolute Gasteiger partial charge is 0.481 e. The van der Waals surface area contributed by atoms with E-state index in [0.717, 1.165) is 16.7 Å². The van der Waals surface area contributed by atoms with E-state index < -0.39 is 35.8 Å². The second-order valence-electron chi connectivity index (χ2n) is 7.73. The summed E-state index contributed by atoms with van der Waals surface area (Å²) >= 11 is 0. The zero-order chi connectivity index (χ0) is 23.4. The van der Waals surface area contributed by atoms with Crippen LogP contribution in [0.3, 0.4) is 0 Å². The van der Waals surface area contributed by atoms with Gasteiger partial charge in [-0.2, -0.15) is 0 Å². The molecule has 0 fully saturated rings. The monoisotopic (exact) mass is 435 g/mol. The minimum absolute atomic E-state index is 0.365.